The molecule has 0 unspecified atom stereocenters. The molecule has 1 aromatic heterocycles. The first-order valence-electron chi connectivity index (χ1n) is 8.60. The van der Waals surface area contributed by atoms with Crippen LogP contribution in [0.2, 0.25) is 0 Å². The van der Waals surface area contributed by atoms with E-state index in [2.05, 4.69) is 15.6 Å². The Morgan fingerprint density at radius 1 is 0.929 bits per heavy atom. The first kappa shape index (κ1) is 19.2. The highest BCUT2D eigenvalue weighted by Gasteiger charge is 2.16. The lowest BCUT2D eigenvalue weighted by Gasteiger charge is -2.10. The highest BCUT2D eigenvalue weighted by atomic mass is 19.1. The van der Waals surface area contributed by atoms with Crippen LogP contribution >= 0.6 is 0 Å². The molecule has 0 saturated heterocycles. The van der Waals surface area contributed by atoms with Crippen LogP contribution in [0, 0.1) is 11.6 Å². The molecule has 2 N–H and O–H groups in total. The maximum absolute atomic E-state index is 13.7. The minimum atomic E-state index is -0.892. The summed E-state index contributed by atoms with van der Waals surface area (Å²) >= 11 is 0. The van der Waals surface area contributed by atoms with Crippen molar-refractivity contribution in [3.63, 3.8) is 0 Å². The van der Waals surface area contributed by atoms with Crippen LogP contribution in [-0.4, -0.2) is 16.8 Å². The number of amides is 2. The number of hydrogen-bond acceptors (Lipinski definition) is 3. The topological polar surface area (TPSA) is 71.1 Å². The molecule has 0 spiro atoms. The number of pyridine rings is 1. The second-order valence-electron chi connectivity index (χ2n) is 5.95. The zero-order chi connectivity index (χ0) is 20.1. The molecule has 1 heterocycles. The number of nitrogens with one attached hydrogen (secondary N) is 2. The predicted molar refractivity (Wildman–Crippen MR) is 102 cm³/mol. The molecule has 5 nitrogen and oxygen atoms in total. The summed E-state index contributed by atoms with van der Waals surface area (Å²) in [6.45, 7) is 1.97. The van der Waals surface area contributed by atoms with Gasteiger partial charge in [-0.3, -0.25) is 14.6 Å². The summed E-state index contributed by atoms with van der Waals surface area (Å²) in [5, 5.41) is 4.94. The van der Waals surface area contributed by atoms with E-state index in [1.54, 1.807) is 12.1 Å². The fourth-order valence-electron chi connectivity index (χ4n) is 2.64. The third kappa shape index (κ3) is 4.20. The van der Waals surface area contributed by atoms with Crippen LogP contribution in [0.3, 0.4) is 0 Å². The van der Waals surface area contributed by atoms with Crippen molar-refractivity contribution in [2.75, 3.05) is 10.6 Å². The lowest BCUT2D eigenvalue weighted by atomic mass is 10.1. The van der Waals surface area contributed by atoms with Crippen molar-refractivity contribution in [3.05, 3.63) is 89.2 Å². The minimum absolute atomic E-state index is 0.00700. The molecule has 3 aromatic rings. The maximum Gasteiger partial charge on any atom is 0.274 e. The van der Waals surface area contributed by atoms with Crippen molar-refractivity contribution in [1.82, 2.24) is 4.98 Å². The van der Waals surface area contributed by atoms with E-state index in [0.717, 1.165) is 24.1 Å². The van der Waals surface area contributed by atoms with Crippen LogP contribution in [0.5, 0.6) is 0 Å². The monoisotopic (exact) mass is 381 g/mol. The molecule has 0 aliphatic carbocycles. The van der Waals surface area contributed by atoms with Crippen LogP contribution < -0.4 is 10.6 Å². The Morgan fingerprint density at radius 2 is 1.64 bits per heavy atom. The van der Waals surface area contributed by atoms with Gasteiger partial charge in [0, 0.05) is 17.4 Å². The van der Waals surface area contributed by atoms with Crippen LogP contribution in [0.25, 0.3) is 0 Å². The summed E-state index contributed by atoms with van der Waals surface area (Å²) in [5.74, 6) is -3.03. The highest BCUT2D eigenvalue weighted by molar-refractivity contribution is 6.08. The molecule has 0 atom stereocenters. The fourth-order valence-corrected chi connectivity index (χ4v) is 2.64. The van der Waals surface area contributed by atoms with E-state index in [9.17, 15) is 18.4 Å². The summed E-state index contributed by atoms with van der Waals surface area (Å²) in [4.78, 5) is 28.8. The molecule has 3 rings (SSSR count). The van der Waals surface area contributed by atoms with Crippen molar-refractivity contribution >= 4 is 23.2 Å². The first-order chi connectivity index (χ1) is 13.5. The fraction of sp³-hybridized carbons (Fsp3) is 0.0952. The van der Waals surface area contributed by atoms with Gasteiger partial charge in [-0.1, -0.05) is 31.2 Å². The molecule has 2 aromatic carbocycles. The van der Waals surface area contributed by atoms with Crippen LogP contribution in [-0.2, 0) is 6.42 Å². The number of para-hydroxylation sites is 2. The molecule has 0 aliphatic rings. The van der Waals surface area contributed by atoms with Crippen LogP contribution in [0.1, 0.15) is 33.3 Å². The third-order valence-electron chi connectivity index (χ3n) is 4.10. The standard InChI is InChI=1S/C21H17F2N3O2/c1-2-13-6-3-4-9-17(13)25-21(28)18-12-14(10-11-24-18)20(27)26-19-15(22)7-5-8-16(19)23/h3-12H,2H2,1H3,(H,25,28)(H,26,27). The van der Waals surface area contributed by atoms with Gasteiger partial charge in [-0.2, -0.15) is 0 Å². The van der Waals surface area contributed by atoms with Gasteiger partial charge in [-0.15, -0.1) is 0 Å². The molecular formula is C21H17F2N3O2. The minimum Gasteiger partial charge on any atom is -0.320 e. The number of rotatable bonds is 5. The van der Waals surface area contributed by atoms with Gasteiger partial charge >= 0.3 is 0 Å². The number of nitrogens with zero attached hydrogens (tertiary/aromatic N) is 1. The van der Waals surface area contributed by atoms with Gasteiger partial charge in [0.1, 0.15) is 23.0 Å². The van der Waals surface area contributed by atoms with Crippen molar-refractivity contribution in [1.29, 1.82) is 0 Å². The zero-order valence-corrected chi connectivity index (χ0v) is 15.0. The molecule has 142 valence electrons. The average Bonchev–Trinajstić information content (AvgIpc) is 2.71. The van der Waals surface area contributed by atoms with Crippen molar-refractivity contribution in [2.24, 2.45) is 0 Å². The first-order valence-corrected chi connectivity index (χ1v) is 8.60. The Balaban J connectivity index is 1.80. The number of carbonyl (C=O) groups excluding carboxylic acids is 2. The number of anilines is 2. The van der Waals surface area contributed by atoms with Gasteiger partial charge in [0.2, 0.25) is 0 Å². The highest BCUT2D eigenvalue weighted by Crippen LogP contribution is 2.20. The van der Waals surface area contributed by atoms with Gasteiger partial charge in [0.15, 0.2) is 0 Å². The Morgan fingerprint density at radius 3 is 2.36 bits per heavy atom. The summed E-state index contributed by atoms with van der Waals surface area (Å²) in [5.41, 5.74) is 1.12. The predicted octanol–water partition coefficient (Wildman–Crippen LogP) is 4.43. The molecule has 0 radical (unpaired) electrons. The van der Waals surface area contributed by atoms with E-state index >= 15 is 0 Å². The second-order valence-corrected chi connectivity index (χ2v) is 5.95. The summed E-state index contributed by atoms with van der Waals surface area (Å²) in [6, 6.07) is 13.2. The number of aromatic nitrogens is 1. The van der Waals surface area contributed by atoms with Crippen LogP contribution in [0.4, 0.5) is 20.2 Å². The third-order valence-corrected chi connectivity index (χ3v) is 4.10. The average molecular weight is 381 g/mol. The number of carbonyl (C=O) groups is 2. The summed E-state index contributed by atoms with van der Waals surface area (Å²) in [6.07, 6.45) is 2.02. The zero-order valence-electron chi connectivity index (χ0n) is 15.0. The van der Waals surface area contributed by atoms with Crippen LogP contribution in [0.15, 0.2) is 60.8 Å². The van der Waals surface area contributed by atoms with E-state index in [4.69, 9.17) is 0 Å². The normalized spacial score (nSPS) is 10.4. The quantitative estimate of drug-likeness (QED) is 0.687. The van der Waals surface area contributed by atoms with E-state index in [1.807, 2.05) is 19.1 Å². The molecule has 0 bridgehead atoms. The van der Waals surface area contributed by atoms with Gasteiger partial charge in [-0.25, -0.2) is 8.78 Å². The van der Waals surface area contributed by atoms with E-state index in [0.29, 0.717) is 5.69 Å². The summed E-state index contributed by atoms with van der Waals surface area (Å²) in [7, 11) is 0. The number of hydrogen-bond donors (Lipinski definition) is 2. The number of aryl methyl sites for hydroxylation is 1. The molecular weight excluding hydrogens is 364 g/mol. The molecule has 0 fully saturated rings. The van der Waals surface area contributed by atoms with Crippen molar-refractivity contribution < 1.29 is 18.4 Å². The molecule has 28 heavy (non-hydrogen) atoms. The largest absolute Gasteiger partial charge is 0.320 e. The van der Waals surface area contributed by atoms with Gasteiger partial charge in [-0.05, 0) is 42.3 Å². The van der Waals surface area contributed by atoms with Gasteiger partial charge < -0.3 is 10.6 Å². The Hall–Kier alpha value is -3.61. The summed E-state index contributed by atoms with van der Waals surface area (Å²) < 4.78 is 27.4. The molecule has 2 amide bonds. The van der Waals surface area contributed by atoms with Gasteiger partial charge in [0.25, 0.3) is 11.8 Å². The maximum atomic E-state index is 13.7. The SMILES string of the molecule is CCc1ccccc1NC(=O)c1cc(C(=O)Nc2c(F)cccc2F)ccn1. The van der Waals surface area contributed by atoms with Crippen molar-refractivity contribution in [2.45, 2.75) is 13.3 Å². The Bertz CT molecular complexity index is 1020. The van der Waals surface area contributed by atoms with E-state index < -0.39 is 29.1 Å². The smallest absolute Gasteiger partial charge is 0.274 e. The lowest BCUT2D eigenvalue weighted by Crippen LogP contribution is -2.18. The number of benzene rings is 2. The number of halogens is 2. The Kier molecular flexibility index (Phi) is 5.74. The van der Waals surface area contributed by atoms with E-state index in [-0.39, 0.29) is 11.3 Å². The lowest BCUT2D eigenvalue weighted by molar-refractivity contribution is 0.102. The molecule has 0 saturated carbocycles. The van der Waals surface area contributed by atoms with Gasteiger partial charge in [0.05, 0.1) is 0 Å². The molecule has 7 heteroatoms. The second kappa shape index (κ2) is 8.39. The Labute approximate surface area is 160 Å². The van der Waals surface area contributed by atoms with Crippen molar-refractivity contribution in [3.8, 4) is 0 Å². The van der Waals surface area contributed by atoms with E-state index in [1.165, 1.54) is 24.4 Å². The molecule has 0 aliphatic heterocycles.